The predicted octanol–water partition coefficient (Wildman–Crippen LogP) is 1.12. The number of nitrogens with zero attached hydrogens (tertiary/aromatic N) is 1. The number of morpholine rings is 1. The summed E-state index contributed by atoms with van der Waals surface area (Å²) in [6.07, 6.45) is 1.26. The van der Waals surface area contributed by atoms with Crippen molar-refractivity contribution in [2.24, 2.45) is 0 Å². The van der Waals surface area contributed by atoms with Crippen LogP contribution in [-0.4, -0.2) is 65.4 Å². The number of carbonyl (C=O) groups excluding carboxylic acids is 1. The van der Waals surface area contributed by atoms with E-state index < -0.39 is 25.8 Å². The summed E-state index contributed by atoms with van der Waals surface area (Å²) >= 11 is 6.04. The summed E-state index contributed by atoms with van der Waals surface area (Å²) in [5.41, 5.74) is 0.172. The van der Waals surface area contributed by atoms with Crippen molar-refractivity contribution in [2.45, 2.75) is 17.7 Å². The number of hydrogen-bond donors (Lipinski definition) is 1. The molecule has 146 valence electrons. The van der Waals surface area contributed by atoms with Crippen molar-refractivity contribution < 1.29 is 26.4 Å². The van der Waals surface area contributed by atoms with Gasteiger partial charge in [0.25, 0.3) is 0 Å². The highest BCUT2D eigenvalue weighted by Crippen LogP contribution is 2.27. The lowest BCUT2D eigenvalue weighted by molar-refractivity contribution is -0.116. The number of sulfonamides is 1. The maximum atomic E-state index is 12.7. The number of nitrogens with one attached hydrogen (secondary N) is 1. The summed E-state index contributed by atoms with van der Waals surface area (Å²) in [4.78, 5) is 12.0. The van der Waals surface area contributed by atoms with Crippen LogP contribution in [0.15, 0.2) is 23.1 Å². The van der Waals surface area contributed by atoms with Gasteiger partial charge in [-0.3, -0.25) is 4.79 Å². The van der Waals surface area contributed by atoms with E-state index in [1.165, 1.54) is 22.5 Å². The van der Waals surface area contributed by atoms with Gasteiger partial charge in [-0.25, -0.2) is 16.8 Å². The first-order valence-electron chi connectivity index (χ1n) is 7.94. The topological polar surface area (TPSA) is 110 Å². The van der Waals surface area contributed by atoms with E-state index in [9.17, 15) is 21.6 Å². The SMILES string of the molecule is CS(=O)(=O)CCCC(=O)Nc1cc(S(=O)(=O)N2CCOCC2)ccc1Cl. The van der Waals surface area contributed by atoms with Crippen LogP contribution < -0.4 is 5.32 Å². The summed E-state index contributed by atoms with van der Waals surface area (Å²) < 4.78 is 54.0. The standard InChI is InChI=1S/C15H21ClN2O6S2/c1-25(20,21)10-2-3-15(19)17-14-11-12(4-5-13(14)16)26(22,23)18-6-8-24-9-7-18/h4-5,11H,2-3,6-10H2,1H3,(H,17,19). The number of halogens is 1. The Kier molecular flexibility index (Phi) is 7.03. The van der Waals surface area contributed by atoms with Crippen molar-refractivity contribution in [1.29, 1.82) is 0 Å². The Morgan fingerprint density at radius 1 is 1.23 bits per heavy atom. The van der Waals surface area contributed by atoms with Gasteiger partial charge in [0, 0.05) is 25.8 Å². The van der Waals surface area contributed by atoms with E-state index in [1.54, 1.807) is 0 Å². The Labute approximate surface area is 158 Å². The van der Waals surface area contributed by atoms with Crippen LogP contribution in [-0.2, 0) is 29.4 Å². The number of anilines is 1. The van der Waals surface area contributed by atoms with Crippen LogP contribution in [0.2, 0.25) is 5.02 Å². The minimum Gasteiger partial charge on any atom is -0.379 e. The average molecular weight is 425 g/mol. The first-order valence-corrected chi connectivity index (χ1v) is 11.8. The Morgan fingerprint density at radius 3 is 2.50 bits per heavy atom. The number of carbonyl (C=O) groups is 1. The van der Waals surface area contributed by atoms with Crippen LogP contribution in [0.3, 0.4) is 0 Å². The van der Waals surface area contributed by atoms with Gasteiger partial charge >= 0.3 is 0 Å². The molecule has 1 saturated heterocycles. The molecular formula is C15H21ClN2O6S2. The largest absolute Gasteiger partial charge is 0.379 e. The first kappa shape index (κ1) is 21.1. The second-order valence-electron chi connectivity index (χ2n) is 5.94. The molecule has 8 nitrogen and oxygen atoms in total. The molecule has 0 aromatic heterocycles. The average Bonchev–Trinajstić information content (AvgIpc) is 2.56. The summed E-state index contributed by atoms with van der Waals surface area (Å²) in [5, 5.41) is 2.74. The third-order valence-electron chi connectivity index (χ3n) is 3.74. The van der Waals surface area contributed by atoms with E-state index in [2.05, 4.69) is 5.32 Å². The molecule has 0 radical (unpaired) electrons. The molecule has 0 aliphatic carbocycles. The third kappa shape index (κ3) is 5.92. The number of sulfone groups is 1. The van der Waals surface area contributed by atoms with Crippen LogP contribution in [0, 0.1) is 0 Å². The van der Waals surface area contributed by atoms with Crippen LogP contribution >= 0.6 is 11.6 Å². The van der Waals surface area contributed by atoms with E-state index in [4.69, 9.17) is 16.3 Å². The summed E-state index contributed by atoms with van der Waals surface area (Å²) in [6, 6.07) is 4.09. The number of rotatable bonds is 7. The highest BCUT2D eigenvalue weighted by atomic mass is 35.5. The van der Waals surface area contributed by atoms with Crippen molar-refractivity contribution in [1.82, 2.24) is 4.31 Å². The van der Waals surface area contributed by atoms with Gasteiger partial charge in [-0.2, -0.15) is 4.31 Å². The van der Waals surface area contributed by atoms with E-state index >= 15 is 0 Å². The van der Waals surface area contributed by atoms with E-state index in [1.807, 2.05) is 0 Å². The number of hydrogen-bond acceptors (Lipinski definition) is 6. The monoisotopic (exact) mass is 424 g/mol. The molecule has 0 bridgehead atoms. The molecule has 1 N–H and O–H groups in total. The molecule has 0 saturated carbocycles. The lowest BCUT2D eigenvalue weighted by atomic mass is 10.3. The minimum atomic E-state index is -3.71. The first-order chi connectivity index (χ1) is 12.1. The fourth-order valence-corrected chi connectivity index (χ4v) is 4.67. The summed E-state index contributed by atoms with van der Waals surface area (Å²) in [5.74, 6) is -0.531. The molecule has 26 heavy (non-hydrogen) atoms. The Balaban J connectivity index is 2.10. The molecule has 1 aliphatic rings. The van der Waals surface area contributed by atoms with Crippen molar-refractivity contribution >= 4 is 43.1 Å². The van der Waals surface area contributed by atoms with Gasteiger partial charge in [-0.1, -0.05) is 11.6 Å². The van der Waals surface area contributed by atoms with Gasteiger partial charge in [0.2, 0.25) is 15.9 Å². The van der Waals surface area contributed by atoms with E-state index in [0.29, 0.717) is 13.2 Å². The molecule has 0 spiro atoms. The molecule has 1 fully saturated rings. The quantitative estimate of drug-likeness (QED) is 0.702. The molecule has 1 heterocycles. The van der Waals surface area contributed by atoms with Gasteiger partial charge in [0.05, 0.1) is 34.6 Å². The zero-order chi connectivity index (χ0) is 19.4. The van der Waals surface area contributed by atoms with Crippen LogP contribution in [0.5, 0.6) is 0 Å². The maximum absolute atomic E-state index is 12.7. The molecule has 11 heteroatoms. The molecule has 1 aliphatic heterocycles. The number of ether oxygens (including phenoxy) is 1. The lowest BCUT2D eigenvalue weighted by Crippen LogP contribution is -2.40. The summed E-state index contributed by atoms with van der Waals surface area (Å²) in [6.45, 7) is 1.18. The van der Waals surface area contributed by atoms with Gasteiger partial charge in [0.1, 0.15) is 9.84 Å². The van der Waals surface area contributed by atoms with E-state index in [-0.39, 0.29) is 47.3 Å². The van der Waals surface area contributed by atoms with Gasteiger partial charge in [0.15, 0.2) is 0 Å². The minimum absolute atomic E-state index is 0.0101. The zero-order valence-corrected chi connectivity index (χ0v) is 16.7. The van der Waals surface area contributed by atoms with Crippen molar-refractivity contribution in [3.8, 4) is 0 Å². The smallest absolute Gasteiger partial charge is 0.243 e. The highest BCUT2D eigenvalue weighted by molar-refractivity contribution is 7.90. The molecule has 2 rings (SSSR count). The van der Waals surface area contributed by atoms with Crippen LogP contribution in [0.1, 0.15) is 12.8 Å². The molecule has 1 aromatic rings. The molecule has 1 aromatic carbocycles. The number of benzene rings is 1. The van der Waals surface area contributed by atoms with Gasteiger partial charge in [-0.05, 0) is 24.6 Å². The molecule has 0 atom stereocenters. The van der Waals surface area contributed by atoms with Crippen molar-refractivity contribution in [2.75, 3.05) is 43.6 Å². The Hall–Kier alpha value is -1.20. The maximum Gasteiger partial charge on any atom is 0.243 e. The second-order valence-corrected chi connectivity index (χ2v) is 10.5. The lowest BCUT2D eigenvalue weighted by Gasteiger charge is -2.26. The highest BCUT2D eigenvalue weighted by Gasteiger charge is 2.27. The third-order valence-corrected chi connectivity index (χ3v) is 6.99. The van der Waals surface area contributed by atoms with E-state index in [0.717, 1.165) is 6.26 Å². The predicted molar refractivity (Wildman–Crippen MR) is 98.6 cm³/mol. The Bertz CT molecular complexity index is 864. The second kappa shape index (κ2) is 8.66. The van der Waals surface area contributed by atoms with Crippen LogP contribution in [0.25, 0.3) is 0 Å². The number of amides is 1. The van der Waals surface area contributed by atoms with Crippen molar-refractivity contribution in [3.05, 3.63) is 23.2 Å². The van der Waals surface area contributed by atoms with Gasteiger partial charge < -0.3 is 10.1 Å². The Morgan fingerprint density at radius 2 is 1.88 bits per heavy atom. The fraction of sp³-hybridized carbons (Fsp3) is 0.533. The molecular weight excluding hydrogens is 404 g/mol. The zero-order valence-electron chi connectivity index (χ0n) is 14.3. The molecule has 1 amide bonds. The normalized spacial score (nSPS) is 16.4. The molecule has 0 unspecified atom stereocenters. The van der Waals surface area contributed by atoms with Crippen LogP contribution in [0.4, 0.5) is 5.69 Å². The fourth-order valence-electron chi connectivity index (χ4n) is 2.40. The van der Waals surface area contributed by atoms with Gasteiger partial charge in [-0.15, -0.1) is 0 Å². The van der Waals surface area contributed by atoms with Crippen molar-refractivity contribution in [3.63, 3.8) is 0 Å². The summed E-state index contributed by atoms with van der Waals surface area (Å²) in [7, 11) is -6.85.